The first-order chi connectivity index (χ1) is 14.2. The number of carbonyl (C=O) groups excluding carboxylic acids is 1. The van der Waals surface area contributed by atoms with Gasteiger partial charge in [-0.3, -0.25) is 4.79 Å². The minimum atomic E-state index is -0.320. The monoisotopic (exact) mass is 393 g/mol. The fourth-order valence-electron chi connectivity index (χ4n) is 3.07. The second-order valence-electron chi connectivity index (χ2n) is 6.59. The van der Waals surface area contributed by atoms with Crippen LogP contribution in [0.3, 0.4) is 0 Å². The van der Waals surface area contributed by atoms with E-state index in [0.29, 0.717) is 6.54 Å². The molecule has 8 nitrogen and oxygen atoms in total. The van der Waals surface area contributed by atoms with Crippen LogP contribution in [-0.4, -0.2) is 52.0 Å². The van der Waals surface area contributed by atoms with Gasteiger partial charge in [-0.2, -0.15) is 0 Å². The molecule has 0 aliphatic carbocycles. The molecular weight excluding hydrogens is 373 g/mol. The van der Waals surface area contributed by atoms with E-state index in [1.165, 1.54) is 18.3 Å². The number of rotatable bonds is 5. The van der Waals surface area contributed by atoms with E-state index >= 15 is 0 Å². The molecule has 1 N–H and O–H groups in total. The van der Waals surface area contributed by atoms with Crippen LogP contribution in [-0.2, 0) is 6.54 Å². The number of aromatic nitrogens is 4. The number of hydrogen-bond donors (Lipinski definition) is 1. The van der Waals surface area contributed by atoms with Crippen LogP contribution < -0.4 is 15.1 Å². The van der Waals surface area contributed by atoms with Gasteiger partial charge in [0.2, 0.25) is 5.95 Å². The van der Waals surface area contributed by atoms with Crippen LogP contribution in [0.1, 0.15) is 16.1 Å². The highest BCUT2D eigenvalue weighted by Crippen LogP contribution is 2.15. The molecule has 1 amide bonds. The minimum Gasteiger partial charge on any atom is -0.352 e. The predicted octanol–water partition coefficient (Wildman–Crippen LogP) is 1.66. The van der Waals surface area contributed by atoms with Gasteiger partial charge in [0.1, 0.15) is 17.3 Å². The van der Waals surface area contributed by atoms with E-state index in [1.807, 2.05) is 0 Å². The molecule has 1 aliphatic rings. The predicted molar refractivity (Wildman–Crippen MR) is 106 cm³/mol. The number of anilines is 2. The van der Waals surface area contributed by atoms with Crippen molar-refractivity contribution in [2.24, 2.45) is 0 Å². The maximum atomic E-state index is 12.9. The molecule has 3 heterocycles. The third-order valence-corrected chi connectivity index (χ3v) is 4.68. The lowest BCUT2D eigenvalue weighted by atomic mass is 10.2. The number of halogens is 1. The standard InChI is InChI=1S/C20H20FN7O/c21-16-4-2-15(3-5-16)12-26-19(29)17-13-25-18(14-24-17)27-8-10-28(11-9-27)20-22-6-1-7-23-20/h1-7,13-14H,8-12H2,(H,26,29). The van der Waals surface area contributed by atoms with Gasteiger partial charge in [0.15, 0.2) is 0 Å². The molecular formula is C20H20FN7O. The van der Waals surface area contributed by atoms with Crippen molar-refractivity contribution in [2.45, 2.75) is 6.54 Å². The molecule has 4 rings (SSSR count). The lowest BCUT2D eigenvalue weighted by molar-refractivity contribution is 0.0945. The van der Waals surface area contributed by atoms with Crippen molar-refractivity contribution in [1.82, 2.24) is 25.3 Å². The molecule has 0 radical (unpaired) electrons. The lowest BCUT2D eigenvalue weighted by Crippen LogP contribution is -2.47. The van der Waals surface area contributed by atoms with Crippen LogP contribution in [0.25, 0.3) is 0 Å². The Kier molecular flexibility index (Phi) is 5.55. The first kappa shape index (κ1) is 18.7. The summed E-state index contributed by atoms with van der Waals surface area (Å²) in [7, 11) is 0. The number of benzene rings is 1. The molecule has 148 valence electrons. The van der Waals surface area contributed by atoms with Crippen LogP contribution in [0.5, 0.6) is 0 Å². The van der Waals surface area contributed by atoms with Gasteiger partial charge < -0.3 is 15.1 Å². The summed E-state index contributed by atoms with van der Waals surface area (Å²) in [6, 6.07) is 7.78. The summed E-state index contributed by atoms with van der Waals surface area (Å²) in [5, 5.41) is 2.76. The number of carbonyl (C=O) groups is 1. The van der Waals surface area contributed by atoms with E-state index in [4.69, 9.17) is 0 Å². The molecule has 0 bridgehead atoms. The van der Waals surface area contributed by atoms with Crippen molar-refractivity contribution in [3.63, 3.8) is 0 Å². The van der Waals surface area contributed by atoms with Crippen molar-refractivity contribution >= 4 is 17.7 Å². The smallest absolute Gasteiger partial charge is 0.271 e. The van der Waals surface area contributed by atoms with Crippen LogP contribution in [0.15, 0.2) is 55.1 Å². The molecule has 0 unspecified atom stereocenters. The van der Waals surface area contributed by atoms with Crippen LogP contribution in [0.2, 0.25) is 0 Å². The Balaban J connectivity index is 1.31. The van der Waals surface area contributed by atoms with E-state index < -0.39 is 0 Å². The van der Waals surface area contributed by atoms with Gasteiger partial charge in [0.25, 0.3) is 5.91 Å². The SMILES string of the molecule is O=C(NCc1ccc(F)cc1)c1cnc(N2CCN(c3ncccn3)CC2)cn1. The molecule has 1 fully saturated rings. The largest absolute Gasteiger partial charge is 0.352 e. The van der Waals surface area contributed by atoms with Crippen molar-refractivity contribution in [1.29, 1.82) is 0 Å². The maximum Gasteiger partial charge on any atom is 0.271 e. The first-order valence-corrected chi connectivity index (χ1v) is 9.30. The van der Waals surface area contributed by atoms with Crippen LogP contribution in [0.4, 0.5) is 16.2 Å². The van der Waals surface area contributed by atoms with Gasteiger partial charge in [-0.1, -0.05) is 12.1 Å². The molecule has 2 aromatic heterocycles. The molecule has 1 aliphatic heterocycles. The van der Waals surface area contributed by atoms with Gasteiger partial charge in [-0.25, -0.2) is 24.3 Å². The summed E-state index contributed by atoms with van der Waals surface area (Å²) in [4.78, 5) is 33.7. The number of amides is 1. The average Bonchev–Trinajstić information content (AvgIpc) is 2.79. The molecule has 9 heteroatoms. The van der Waals surface area contributed by atoms with Crippen LogP contribution in [0, 0.1) is 5.82 Å². The lowest BCUT2D eigenvalue weighted by Gasteiger charge is -2.35. The summed E-state index contributed by atoms with van der Waals surface area (Å²) in [5.41, 5.74) is 1.05. The normalized spacial score (nSPS) is 14.0. The summed E-state index contributed by atoms with van der Waals surface area (Å²) >= 11 is 0. The average molecular weight is 393 g/mol. The zero-order valence-corrected chi connectivity index (χ0v) is 15.7. The molecule has 29 heavy (non-hydrogen) atoms. The maximum absolute atomic E-state index is 12.9. The second kappa shape index (κ2) is 8.59. The van der Waals surface area contributed by atoms with E-state index in [-0.39, 0.29) is 17.4 Å². The van der Waals surface area contributed by atoms with Crippen molar-refractivity contribution in [3.05, 3.63) is 72.2 Å². The van der Waals surface area contributed by atoms with Gasteiger partial charge in [0, 0.05) is 45.1 Å². The molecule has 0 atom stereocenters. The fourth-order valence-corrected chi connectivity index (χ4v) is 3.07. The number of nitrogens with one attached hydrogen (secondary N) is 1. The zero-order chi connectivity index (χ0) is 20.1. The summed E-state index contributed by atoms with van der Waals surface area (Å²) in [5.74, 6) is 0.832. The number of piperazine rings is 1. The zero-order valence-electron chi connectivity index (χ0n) is 15.7. The topological polar surface area (TPSA) is 87.1 Å². The van der Waals surface area contributed by atoms with Crippen molar-refractivity contribution < 1.29 is 9.18 Å². The Morgan fingerprint density at radius 2 is 1.62 bits per heavy atom. The first-order valence-electron chi connectivity index (χ1n) is 9.30. The van der Waals surface area contributed by atoms with Gasteiger partial charge in [-0.15, -0.1) is 0 Å². The highest BCUT2D eigenvalue weighted by molar-refractivity contribution is 5.91. The van der Waals surface area contributed by atoms with Crippen molar-refractivity contribution in [3.8, 4) is 0 Å². The third kappa shape index (κ3) is 4.63. The Hall–Kier alpha value is -3.62. The summed E-state index contributed by atoms with van der Waals surface area (Å²) in [6.45, 7) is 3.40. The molecule has 1 saturated heterocycles. The fraction of sp³-hybridized carbons (Fsp3) is 0.250. The van der Waals surface area contributed by atoms with Crippen LogP contribution >= 0.6 is 0 Å². The van der Waals surface area contributed by atoms with Gasteiger partial charge in [-0.05, 0) is 23.8 Å². The highest BCUT2D eigenvalue weighted by Gasteiger charge is 2.20. The summed E-state index contributed by atoms with van der Waals surface area (Å²) < 4.78 is 12.9. The Morgan fingerprint density at radius 1 is 0.931 bits per heavy atom. The molecule has 0 spiro atoms. The van der Waals surface area contributed by atoms with Crippen molar-refractivity contribution in [2.75, 3.05) is 36.0 Å². The highest BCUT2D eigenvalue weighted by atomic mass is 19.1. The van der Waals surface area contributed by atoms with Gasteiger partial charge >= 0.3 is 0 Å². The van der Waals surface area contributed by atoms with Gasteiger partial charge in [0.05, 0.1) is 12.4 Å². The third-order valence-electron chi connectivity index (χ3n) is 4.68. The minimum absolute atomic E-state index is 0.243. The van der Waals surface area contributed by atoms with E-state index in [9.17, 15) is 9.18 Å². The molecule has 3 aromatic rings. The Bertz CT molecular complexity index is 943. The molecule has 0 saturated carbocycles. The number of nitrogens with zero attached hydrogens (tertiary/aromatic N) is 6. The second-order valence-corrected chi connectivity index (χ2v) is 6.59. The van der Waals surface area contributed by atoms with E-state index in [2.05, 4.69) is 35.1 Å². The Morgan fingerprint density at radius 3 is 2.28 bits per heavy atom. The Labute approximate surface area is 167 Å². The number of hydrogen-bond acceptors (Lipinski definition) is 7. The quantitative estimate of drug-likeness (QED) is 0.705. The summed E-state index contributed by atoms with van der Waals surface area (Å²) in [6.07, 6.45) is 6.56. The molecule has 1 aromatic carbocycles. The van der Waals surface area contributed by atoms with E-state index in [1.54, 1.807) is 36.8 Å². The van der Waals surface area contributed by atoms with E-state index in [0.717, 1.165) is 43.5 Å².